The first-order valence-electron chi connectivity index (χ1n) is 4.11. The Morgan fingerprint density at radius 1 is 1.27 bits per heavy atom. The van der Waals surface area contributed by atoms with Crippen molar-refractivity contribution in [3.8, 4) is 0 Å². The number of nitrogens with two attached hydrogens (primary N) is 1. The highest BCUT2D eigenvalue weighted by molar-refractivity contribution is 7.45. The molecule has 0 spiro atoms. The second kappa shape index (κ2) is 9.86. The number of hydrogen-bond acceptors (Lipinski definition) is 2. The van der Waals surface area contributed by atoms with Gasteiger partial charge < -0.3 is 20.4 Å². The van der Waals surface area contributed by atoms with Crippen LogP contribution in [0.1, 0.15) is 27.7 Å². The van der Waals surface area contributed by atoms with Gasteiger partial charge in [0.2, 0.25) is 5.91 Å². The minimum atomic E-state index is -4.64. The predicted molar refractivity (Wildman–Crippen MR) is 58.8 cm³/mol. The van der Waals surface area contributed by atoms with E-state index in [4.69, 9.17) is 25.0 Å². The number of carbonyl (C=O) groups is 1. The van der Waals surface area contributed by atoms with Crippen LogP contribution in [0.2, 0.25) is 0 Å². The molecule has 5 N–H and O–H groups in total. The van der Waals surface area contributed by atoms with Crippen LogP contribution in [0.25, 0.3) is 0 Å². The summed E-state index contributed by atoms with van der Waals surface area (Å²) in [6, 6.07) is 0. The molecule has 0 aromatic rings. The molecule has 0 rings (SSSR count). The van der Waals surface area contributed by atoms with Crippen molar-refractivity contribution in [1.29, 1.82) is 0 Å². The van der Waals surface area contributed by atoms with Crippen molar-refractivity contribution >= 4 is 13.7 Å². The standard InChI is InChI=1S/C4H7NO.C4H10.H3O4P/c1-3(2)4(5)6;1-4(2)3;1-5(2,3)4/h1H2,2H3,(H2,5,6);4H,1-3H3;(H3,1,2,3,4). The van der Waals surface area contributed by atoms with Crippen LogP contribution in [0.4, 0.5) is 0 Å². The maximum atomic E-state index is 9.82. The van der Waals surface area contributed by atoms with E-state index in [9.17, 15) is 4.79 Å². The number of rotatable bonds is 1. The van der Waals surface area contributed by atoms with Gasteiger partial charge in [0.25, 0.3) is 0 Å². The molecule has 0 aromatic heterocycles. The summed E-state index contributed by atoms with van der Waals surface area (Å²) in [5, 5.41) is 0. The Bertz CT molecular complexity index is 210. The summed E-state index contributed by atoms with van der Waals surface area (Å²) >= 11 is 0. The third-order valence-corrected chi connectivity index (χ3v) is 0.421. The molecular weight excluding hydrogens is 221 g/mol. The Hall–Kier alpha value is -0.680. The summed E-state index contributed by atoms with van der Waals surface area (Å²) in [5.41, 5.74) is 5.09. The zero-order valence-corrected chi connectivity index (χ0v) is 10.4. The first-order chi connectivity index (χ1) is 6.37. The minimum Gasteiger partial charge on any atom is -0.366 e. The van der Waals surface area contributed by atoms with E-state index in [2.05, 4.69) is 27.4 Å². The molecule has 0 unspecified atom stereocenters. The smallest absolute Gasteiger partial charge is 0.366 e. The molecule has 0 fully saturated rings. The number of hydrogen-bond donors (Lipinski definition) is 4. The van der Waals surface area contributed by atoms with Crippen LogP contribution < -0.4 is 5.73 Å². The summed E-state index contributed by atoms with van der Waals surface area (Å²) in [7, 11) is -4.64. The lowest BCUT2D eigenvalue weighted by Gasteiger charge is -1.82. The predicted octanol–water partition coefficient (Wildman–Crippen LogP) is 0.781. The molecule has 0 radical (unpaired) electrons. The molecule has 7 heteroatoms. The summed E-state index contributed by atoms with van der Waals surface area (Å²) in [5.74, 6) is 0.398. The van der Waals surface area contributed by atoms with E-state index < -0.39 is 13.7 Å². The third kappa shape index (κ3) is 155. The molecule has 0 atom stereocenters. The largest absolute Gasteiger partial charge is 0.466 e. The van der Waals surface area contributed by atoms with Crippen LogP contribution in [0.3, 0.4) is 0 Å². The van der Waals surface area contributed by atoms with Gasteiger partial charge in [-0.3, -0.25) is 4.79 Å². The van der Waals surface area contributed by atoms with Crippen molar-refractivity contribution in [3.05, 3.63) is 12.2 Å². The van der Waals surface area contributed by atoms with E-state index in [0.717, 1.165) is 5.92 Å². The van der Waals surface area contributed by atoms with Crippen molar-refractivity contribution in [3.63, 3.8) is 0 Å². The van der Waals surface area contributed by atoms with Crippen molar-refractivity contribution < 1.29 is 24.0 Å². The third-order valence-electron chi connectivity index (χ3n) is 0.421. The summed E-state index contributed by atoms with van der Waals surface area (Å²) in [4.78, 5) is 31.4. The van der Waals surface area contributed by atoms with Gasteiger partial charge in [-0.15, -0.1) is 0 Å². The fourth-order valence-electron chi connectivity index (χ4n) is 0. The molecule has 15 heavy (non-hydrogen) atoms. The van der Waals surface area contributed by atoms with E-state index in [1.165, 1.54) is 0 Å². The molecule has 1 amide bonds. The Morgan fingerprint density at radius 2 is 1.33 bits per heavy atom. The van der Waals surface area contributed by atoms with Crippen LogP contribution >= 0.6 is 7.82 Å². The second-order valence-corrected chi connectivity index (χ2v) is 4.42. The molecule has 0 aliphatic carbocycles. The van der Waals surface area contributed by atoms with E-state index >= 15 is 0 Å². The number of amides is 1. The van der Waals surface area contributed by atoms with E-state index in [0.29, 0.717) is 5.57 Å². The molecule has 0 aromatic carbocycles. The molecule has 0 bridgehead atoms. The minimum absolute atomic E-state index is 0.398. The number of carbonyl (C=O) groups excluding carboxylic acids is 1. The van der Waals surface area contributed by atoms with Crippen molar-refractivity contribution in [2.75, 3.05) is 0 Å². The molecule has 0 saturated carbocycles. The monoisotopic (exact) mass is 241 g/mol. The molecule has 0 aliphatic heterocycles. The summed E-state index contributed by atoms with van der Waals surface area (Å²) < 4.78 is 8.88. The van der Waals surface area contributed by atoms with E-state index in [1.807, 2.05) is 0 Å². The van der Waals surface area contributed by atoms with Gasteiger partial charge in [0.15, 0.2) is 0 Å². The highest BCUT2D eigenvalue weighted by atomic mass is 31.2. The second-order valence-electron chi connectivity index (χ2n) is 3.39. The summed E-state index contributed by atoms with van der Waals surface area (Å²) in [6.45, 7) is 11.4. The van der Waals surface area contributed by atoms with Crippen LogP contribution in [-0.4, -0.2) is 20.6 Å². The molecule has 0 saturated heterocycles. The first kappa shape index (κ1) is 19.8. The van der Waals surface area contributed by atoms with Crippen molar-refractivity contribution in [2.24, 2.45) is 11.7 Å². The van der Waals surface area contributed by atoms with Gasteiger partial charge in [-0.2, -0.15) is 0 Å². The molecular formula is C8H20NO5P. The Kier molecular flexibility index (Phi) is 13.0. The molecule has 6 nitrogen and oxygen atoms in total. The van der Waals surface area contributed by atoms with Gasteiger partial charge in [-0.1, -0.05) is 27.4 Å². The molecule has 0 heterocycles. The van der Waals surface area contributed by atoms with Crippen LogP contribution in [0.15, 0.2) is 12.2 Å². The lowest BCUT2D eigenvalue weighted by atomic mass is 10.3. The fraction of sp³-hybridized carbons (Fsp3) is 0.625. The van der Waals surface area contributed by atoms with Gasteiger partial charge in [-0.25, -0.2) is 4.57 Å². The number of primary amides is 1. The SMILES string of the molecule is C=C(C)C(N)=O.CC(C)C.O=P(O)(O)O. The molecule has 0 aliphatic rings. The van der Waals surface area contributed by atoms with Crippen molar-refractivity contribution in [2.45, 2.75) is 27.7 Å². The summed E-state index contributed by atoms with van der Waals surface area (Å²) in [6.07, 6.45) is 0. The normalized spacial score (nSPS) is 9.33. The van der Waals surface area contributed by atoms with Gasteiger partial charge in [-0.05, 0) is 12.8 Å². The topological polar surface area (TPSA) is 121 Å². The highest BCUT2D eigenvalue weighted by Gasteiger charge is 2.00. The Morgan fingerprint density at radius 3 is 1.33 bits per heavy atom. The number of phosphoric acid groups is 1. The quantitative estimate of drug-likeness (QED) is 0.399. The lowest BCUT2D eigenvalue weighted by molar-refractivity contribution is -0.114. The van der Waals surface area contributed by atoms with Crippen molar-refractivity contribution in [1.82, 2.24) is 0 Å². The maximum Gasteiger partial charge on any atom is 0.466 e. The van der Waals surface area contributed by atoms with E-state index in [1.54, 1.807) is 6.92 Å². The van der Waals surface area contributed by atoms with Crippen LogP contribution in [0, 0.1) is 5.92 Å². The highest BCUT2D eigenvalue weighted by Crippen LogP contribution is 2.25. The average molecular weight is 241 g/mol. The average Bonchev–Trinajstić information content (AvgIpc) is 1.80. The zero-order valence-electron chi connectivity index (χ0n) is 9.47. The fourth-order valence-corrected chi connectivity index (χ4v) is 0. The lowest BCUT2D eigenvalue weighted by Crippen LogP contribution is -2.10. The molecule has 92 valence electrons. The van der Waals surface area contributed by atoms with Gasteiger partial charge in [0.05, 0.1) is 0 Å². The first-order valence-corrected chi connectivity index (χ1v) is 5.68. The van der Waals surface area contributed by atoms with Gasteiger partial charge in [0, 0.05) is 5.57 Å². The maximum absolute atomic E-state index is 9.82. The Labute approximate surface area is 90.0 Å². The van der Waals surface area contributed by atoms with Gasteiger partial charge >= 0.3 is 7.82 Å². The zero-order chi connectivity index (χ0) is 13.2. The Balaban J connectivity index is -0.000000147. The van der Waals surface area contributed by atoms with Gasteiger partial charge in [0.1, 0.15) is 0 Å². The van der Waals surface area contributed by atoms with Crippen LogP contribution in [-0.2, 0) is 9.36 Å². The van der Waals surface area contributed by atoms with E-state index in [-0.39, 0.29) is 0 Å². The van der Waals surface area contributed by atoms with Crippen LogP contribution in [0.5, 0.6) is 0 Å².